The molecule has 1 saturated heterocycles. The van der Waals surface area contributed by atoms with Crippen LogP contribution in [0.25, 0.3) is 0 Å². The molecule has 1 aliphatic rings. The molecule has 21 heavy (non-hydrogen) atoms. The fourth-order valence-electron chi connectivity index (χ4n) is 2.78. The molecule has 1 fully saturated rings. The molecule has 0 unspecified atom stereocenters. The van der Waals surface area contributed by atoms with Gasteiger partial charge in [-0.25, -0.2) is 4.98 Å². The third kappa shape index (κ3) is 3.69. The predicted molar refractivity (Wildman–Crippen MR) is 80.1 cm³/mol. The van der Waals surface area contributed by atoms with Gasteiger partial charge in [0.15, 0.2) is 5.82 Å². The number of piperidine rings is 1. The van der Waals surface area contributed by atoms with Gasteiger partial charge >= 0.3 is 0 Å². The molecule has 0 spiro atoms. The van der Waals surface area contributed by atoms with Crippen LogP contribution in [-0.4, -0.2) is 63.8 Å². The summed E-state index contributed by atoms with van der Waals surface area (Å²) in [6, 6.07) is 0.546. The van der Waals surface area contributed by atoms with E-state index >= 15 is 0 Å². The fraction of sp³-hybridized carbons (Fsp3) is 0.667. The minimum absolute atomic E-state index is 0.0828. The second-order valence-corrected chi connectivity index (χ2v) is 5.65. The second-order valence-electron chi connectivity index (χ2n) is 5.65. The Morgan fingerprint density at radius 2 is 2.05 bits per heavy atom. The molecule has 0 N–H and O–H groups in total. The number of amides is 1. The molecule has 1 aromatic heterocycles. The Morgan fingerprint density at radius 1 is 1.38 bits per heavy atom. The SMILES string of the molecule is CCN(C)C1CCN(C(=O)CC(=O)c2nccn2C)CC1. The van der Waals surface area contributed by atoms with E-state index < -0.39 is 0 Å². The second kappa shape index (κ2) is 6.85. The number of carbonyl (C=O) groups is 2. The number of hydrogen-bond acceptors (Lipinski definition) is 4. The van der Waals surface area contributed by atoms with Crippen molar-refractivity contribution in [1.29, 1.82) is 0 Å². The molecule has 1 aliphatic heterocycles. The highest BCUT2D eigenvalue weighted by molar-refractivity contribution is 6.05. The molecule has 116 valence electrons. The van der Waals surface area contributed by atoms with Crippen molar-refractivity contribution in [2.75, 3.05) is 26.7 Å². The summed E-state index contributed by atoms with van der Waals surface area (Å²) in [7, 11) is 3.88. The van der Waals surface area contributed by atoms with Gasteiger partial charge in [-0.2, -0.15) is 0 Å². The first-order valence-electron chi connectivity index (χ1n) is 7.51. The summed E-state index contributed by atoms with van der Waals surface area (Å²) in [6.45, 7) is 4.64. The number of Topliss-reactive ketones (excluding diaryl/α,β-unsaturated/α-hetero) is 1. The van der Waals surface area contributed by atoms with Crippen LogP contribution in [0.3, 0.4) is 0 Å². The molecule has 0 atom stereocenters. The average Bonchev–Trinajstić information content (AvgIpc) is 2.92. The molecule has 0 radical (unpaired) electrons. The van der Waals surface area contributed by atoms with Crippen LogP contribution in [0.2, 0.25) is 0 Å². The Bertz CT molecular complexity index is 504. The molecule has 0 saturated carbocycles. The van der Waals surface area contributed by atoms with Gasteiger partial charge < -0.3 is 14.4 Å². The van der Waals surface area contributed by atoms with Gasteiger partial charge in [0.1, 0.15) is 0 Å². The van der Waals surface area contributed by atoms with Crippen LogP contribution in [-0.2, 0) is 11.8 Å². The van der Waals surface area contributed by atoms with Crippen LogP contribution < -0.4 is 0 Å². The smallest absolute Gasteiger partial charge is 0.230 e. The molecule has 6 nitrogen and oxygen atoms in total. The maximum atomic E-state index is 12.2. The summed E-state index contributed by atoms with van der Waals surface area (Å²) in [5.41, 5.74) is 0. The Hall–Kier alpha value is -1.69. The largest absolute Gasteiger partial charge is 0.342 e. The van der Waals surface area contributed by atoms with E-state index in [1.165, 1.54) is 0 Å². The van der Waals surface area contributed by atoms with E-state index in [4.69, 9.17) is 0 Å². The average molecular weight is 292 g/mol. The number of imidazole rings is 1. The summed E-state index contributed by atoms with van der Waals surface area (Å²) in [4.78, 5) is 32.4. The lowest BCUT2D eigenvalue weighted by atomic mass is 10.0. The number of nitrogens with zero attached hydrogens (tertiary/aromatic N) is 4. The monoisotopic (exact) mass is 292 g/mol. The number of aromatic nitrogens is 2. The van der Waals surface area contributed by atoms with E-state index in [1.54, 1.807) is 28.9 Å². The normalized spacial score (nSPS) is 16.5. The first kappa shape index (κ1) is 15.7. The van der Waals surface area contributed by atoms with Crippen LogP contribution >= 0.6 is 0 Å². The fourth-order valence-corrected chi connectivity index (χ4v) is 2.78. The summed E-state index contributed by atoms with van der Waals surface area (Å²) in [5.74, 6) is 0.0600. The summed E-state index contributed by atoms with van der Waals surface area (Å²) < 4.78 is 1.65. The van der Waals surface area contributed by atoms with Crippen molar-refractivity contribution < 1.29 is 9.59 Å². The van der Waals surface area contributed by atoms with Crippen LogP contribution in [0.1, 0.15) is 36.8 Å². The highest BCUT2D eigenvalue weighted by Gasteiger charge is 2.26. The first-order valence-corrected chi connectivity index (χ1v) is 7.51. The van der Waals surface area contributed by atoms with Gasteiger partial charge in [0.25, 0.3) is 0 Å². The van der Waals surface area contributed by atoms with Crippen molar-refractivity contribution in [2.45, 2.75) is 32.2 Å². The van der Waals surface area contributed by atoms with Crippen molar-refractivity contribution in [1.82, 2.24) is 19.4 Å². The lowest BCUT2D eigenvalue weighted by Gasteiger charge is -2.36. The molecule has 0 aliphatic carbocycles. The number of likely N-dealkylation sites (tertiary alicyclic amines) is 1. The molecular weight excluding hydrogens is 268 g/mol. The van der Waals surface area contributed by atoms with E-state index in [-0.39, 0.29) is 18.1 Å². The minimum atomic E-state index is -0.208. The minimum Gasteiger partial charge on any atom is -0.342 e. The topological polar surface area (TPSA) is 58.4 Å². The van der Waals surface area contributed by atoms with E-state index in [0.717, 1.165) is 32.5 Å². The first-order chi connectivity index (χ1) is 10.0. The van der Waals surface area contributed by atoms with Crippen LogP contribution in [0.5, 0.6) is 0 Å². The number of ketones is 1. The zero-order valence-corrected chi connectivity index (χ0v) is 13.1. The summed E-state index contributed by atoms with van der Waals surface area (Å²) >= 11 is 0. The molecule has 6 heteroatoms. The lowest BCUT2D eigenvalue weighted by molar-refractivity contribution is -0.131. The Labute approximate surface area is 125 Å². The van der Waals surface area contributed by atoms with E-state index in [1.807, 2.05) is 0 Å². The van der Waals surface area contributed by atoms with Crippen LogP contribution in [0, 0.1) is 0 Å². The van der Waals surface area contributed by atoms with Gasteiger partial charge in [0.2, 0.25) is 11.7 Å². The van der Waals surface area contributed by atoms with E-state index in [9.17, 15) is 9.59 Å². The molecule has 0 bridgehead atoms. The van der Waals surface area contributed by atoms with Crippen LogP contribution in [0.15, 0.2) is 12.4 Å². The Kier molecular flexibility index (Phi) is 5.12. The van der Waals surface area contributed by atoms with Crippen LogP contribution in [0.4, 0.5) is 0 Å². The van der Waals surface area contributed by atoms with Gasteiger partial charge in [-0.15, -0.1) is 0 Å². The Balaban J connectivity index is 1.85. The molecular formula is C15H24N4O2. The van der Waals surface area contributed by atoms with Crippen molar-refractivity contribution >= 4 is 11.7 Å². The van der Waals surface area contributed by atoms with Gasteiger partial charge in [0.05, 0.1) is 6.42 Å². The lowest BCUT2D eigenvalue weighted by Crippen LogP contribution is -2.45. The maximum Gasteiger partial charge on any atom is 0.230 e. The Morgan fingerprint density at radius 3 is 2.57 bits per heavy atom. The maximum absolute atomic E-state index is 12.2. The summed E-state index contributed by atoms with van der Waals surface area (Å²) in [6.07, 6.45) is 5.16. The molecule has 1 aromatic rings. The highest BCUT2D eigenvalue weighted by Crippen LogP contribution is 2.16. The molecule has 1 amide bonds. The number of aryl methyl sites for hydroxylation is 1. The highest BCUT2D eigenvalue weighted by atomic mass is 16.2. The molecule has 2 heterocycles. The zero-order valence-electron chi connectivity index (χ0n) is 13.1. The van der Waals surface area contributed by atoms with E-state index in [2.05, 4.69) is 23.9 Å². The van der Waals surface area contributed by atoms with Gasteiger partial charge in [-0.05, 0) is 26.4 Å². The van der Waals surface area contributed by atoms with Gasteiger partial charge in [0, 0.05) is 38.6 Å². The standard InChI is InChI=1S/C15H24N4O2/c1-4-17(2)12-5-8-19(9-6-12)14(21)11-13(20)15-16-7-10-18(15)3/h7,10,12H,4-6,8-9,11H2,1-3H3. The quantitative estimate of drug-likeness (QED) is 0.598. The molecule has 0 aromatic carbocycles. The van der Waals surface area contributed by atoms with Crippen molar-refractivity contribution in [3.05, 3.63) is 18.2 Å². The molecule has 2 rings (SSSR count). The number of rotatable bonds is 5. The van der Waals surface area contributed by atoms with Gasteiger partial charge in [-0.1, -0.05) is 6.92 Å². The zero-order chi connectivity index (χ0) is 15.4. The van der Waals surface area contributed by atoms with Crippen molar-refractivity contribution in [2.24, 2.45) is 7.05 Å². The third-order valence-electron chi connectivity index (χ3n) is 4.32. The van der Waals surface area contributed by atoms with Crippen molar-refractivity contribution in [3.8, 4) is 0 Å². The van der Waals surface area contributed by atoms with Gasteiger partial charge in [-0.3, -0.25) is 9.59 Å². The van der Waals surface area contributed by atoms with Crippen molar-refractivity contribution in [3.63, 3.8) is 0 Å². The number of hydrogen-bond donors (Lipinski definition) is 0. The number of carbonyl (C=O) groups excluding carboxylic acids is 2. The predicted octanol–water partition coefficient (Wildman–Crippen LogP) is 0.936. The summed E-state index contributed by atoms with van der Waals surface area (Å²) in [5, 5.41) is 0. The third-order valence-corrected chi connectivity index (χ3v) is 4.32. The van der Waals surface area contributed by atoms with E-state index in [0.29, 0.717) is 11.9 Å².